The molecule has 1 atom stereocenters. The summed E-state index contributed by atoms with van der Waals surface area (Å²) < 4.78 is 0. The van der Waals surface area contributed by atoms with Crippen LogP contribution in [0.1, 0.15) is 22.8 Å². The van der Waals surface area contributed by atoms with E-state index >= 15 is 0 Å². The molecule has 100 valence electrons. The van der Waals surface area contributed by atoms with Crippen LogP contribution in [-0.2, 0) is 9.59 Å². The van der Waals surface area contributed by atoms with Gasteiger partial charge in [-0.1, -0.05) is 6.07 Å². The first kappa shape index (κ1) is 13.1. The van der Waals surface area contributed by atoms with Gasteiger partial charge in [-0.3, -0.25) is 19.7 Å². The van der Waals surface area contributed by atoms with E-state index in [4.69, 9.17) is 5.73 Å². The maximum Gasteiger partial charge on any atom is 0.255 e. The Morgan fingerprint density at radius 2 is 2.11 bits per heavy atom. The summed E-state index contributed by atoms with van der Waals surface area (Å²) in [6.45, 7) is 3.29. The van der Waals surface area contributed by atoms with Crippen molar-refractivity contribution in [1.82, 2.24) is 10.2 Å². The number of piperazine rings is 1. The van der Waals surface area contributed by atoms with Crippen LogP contribution >= 0.6 is 0 Å². The van der Waals surface area contributed by atoms with Gasteiger partial charge in [0.05, 0.1) is 0 Å². The van der Waals surface area contributed by atoms with Gasteiger partial charge in [-0.25, -0.2) is 0 Å². The molecule has 0 radical (unpaired) electrons. The van der Waals surface area contributed by atoms with E-state index in [0.29, 0.717) is 11.3 Å². The fourth-order valence-corrected chi connectivity index (χ4v) is 1.90. The Hall–Kier alpha value is -2.37. The minimum absolute atomic E-state index is 0.125. The molecule has 1 aliphatic rings. The molecule has 0 spiro atoms. The maximum absolute atomic E-state index is 12.3. The van der Waals surface area contributed by atoms with E-state index in [0.717, 1.165) is 5.56 Å². The van der Waals surface area contributed by atoms with E-state index in [1.807, 2.05) is 6.92 Å². The van der Waals surface area contributed by atoms with Gasteiger partial charge in [-0.05, 0) is 31.5 Å². The minimum atomic E-state index is -0.673. The number of carbonyl (C=O) groups is 3. The van der Waals surface area contributed by atoms with Crippen LogP contribution in [0.15, 0.2) is 18.2 Å². The van der Waals surface area contributed by atoms with E-state index in [-0.39, 0.29) is 12.5 Å². The maximum atomic E-state index is 12.3. The highest BCUT2D eigenvalue weighted by atomic mass is 16.2. The third kappa shape index (κ3) is 2.42. The highest BCUT2D eigenvalue weighted by Crippen LogP contribution is 2.16. The molecule has 0 saturated carbocycles. The van der Waals surface area contributed by atoms with Crippen LogP contribution in [0.2, 0.25) is 0 Å². The van der Waals surface area contributed by atoms with Crippen molar-refractivity contribution >= 4 is 23.4 Å². The Balaban J connectivity index is 2.29. The number of nitrogen functional groups attached to an aromatic ring is 1. The molecule has 1 saturated heterocycles. The summed E-state index contributed by atoms with van der Waals surface area (Å²) in [5.41, 5.74) is 7.51. The number of hydrogen-bond donors (Lipinski definition) is 2. The van der Waals surface area contributed by atoms with Crippen molar-refractivity contribution < 1.29 is 14.4 Å². The molecule has 3 N–H and O–H groups in total. The number of nitrogens with two attached hydrogens (primary N) is 1. The smallest absolute Gasteiger partial charge is 0.255 e. The Bertz CT molecular complexity index is 568. The molecule has 0 bridgehead atoms. The van der Waals surface area contributed by atoms with Gasteiger partial charge in [0.15, 0.2) is 0 Å². The number of rotatable bonds is 1. The third-order valence-electron chi connectivity index (χ3n) is 3.21. The monoisotopic (exact) mass is 261 g/mol. The predicted molar refractivity (Wildman–Crippen MR) is 69.2 cm³/mol. The number of benzene rings is 1. The molecule has 2 rings (SSSR count). The number of amides is 3. The molecular weight excluding hydrogens is 246 g/mol. The molecule has 1 aromatic rings. The average Bonchev–Trinajstić information content (AvgIpc) is 2.36. The normalized spacial score (nSPS) is 19.3. The first-order valence-corrected chi connectivity index (χ1v) is 5.91. The van der Waals surface area contributed by atoms with Gasteiger partial charge in [0.2, 0.25) is 11.8 Å². The molecule has 19 heavy (non-hydrogen) atoms. The van der Waals surface area contributed by atoms with E-state index in [2.05, 4.69) is 5.32 Å². The van der Waals surface area contributed by atoms with Crippen LogP contribution in [0.3, 0.4) is 0 Å². The molecule has 1 unspecified atom stereocenters. The number of imide groups is 1. The zero-order valence-corrected chi connectivity index (χ0v) is 10.8. The fraction of sp³-hybridized carbons (Fsp3) is 0.308. The largest absolute Gasteiger partial charge is 0.398 e. The Morgan fingerprint density at radius 3 is 2.74 bits per heavy atom. The zero-order chi connectivity index (χ0) is 14.2. The van der Waals surface area contributed by atoms with Gasteiger partial charge in [0.1, 0.15) is 12.6 Å². The lowest BCUT2D eigenvalue weighted by atomic mass is 10.1. The molecule has 0 aliphatic carbocycles. The Morgan fingerprint density at radius 1 is 1.42 bits per heavy atom. The van der Waals surface area contributed by atoms with Crippen molar-refractivity contribution in [3.05, 3.63) is 29.3 Å². The second-order valence-electron chi connectivity index (χ2n) is 4.59. The second kappa shape index (κ2) is 4.72. The third-order valence-corrected chi connectivity index (χ3v) is 3.21. The van der Waals surface area contributed by atoms with Crippen molar-refractivity contribution in [2.45, 2.75) is 19.9 Å². The molecule has 3 amide bonds. The summed E-state index contributed by atoms with van der Waals surface area (Å²) in [5.74, 6) is -1.32. The summed E-state index contributed by atoms with van der Waals surface area (Å²) in [6, 6.07) is 4.26. The van der Waals surface area contributed by atoms with Gasteiger partial charge >= 0.3 is 0 Å². The molecule has 1 heterocycles. The van der Waals surface area contributed by atoms with Crippen LogP contribution in [-0.4, -0.2) is 35.2 Å². The standard InChI is InChI=1S/C13H15N3O3/c1-7-3-4-9(5-10(7)14)13(19)16-6-11(17)15-12(18)8(16)2/h3-5,8H,6,14H2,1-2H3,(H,15,17,18). The number of hydrogen-bond acceptors (Lipinski definition) is 4. The lowest BCUT2D eigenvalue weighted by Gasteiger charge is -2.31. The topological polar surface area (TPSA) is 92.5 Å². The number of nitrogens with one attached hydrogen (secondary N) is 1. The van der Waals surface area contributed by atoms with Crippen LogP contribution in [0.4, 0.5) is 5.69 Å². The minimum Gasteiger partial charge on any atom is -0.398 e. The number of nitrogens with zero attached hydrogens (tertiary/aromatic N) is 1. The van der Waals surface area contributed by atoms with Crippen molar-refractivity contribution in [1.29, 1.82) is 0 Å². The quantitative estimate of drug-likeness (QED) is 0.552. The molecule has 1 aromatic carbocycles. The summed E-state index contributed by atoms with van der Waals surface area (Å²) >= 11 is 0. The average molecular weight is 261 g/mol. The lowest BCUT2D eigenvalue weighted by Crippen LogP contribution is -2.58. The summed E-state index contributed by atoms with van der Waals surface area (Å²) in [6.07, 6.45) is 0. The number of carbonyl (C=O) groups excluding carboxylic acids is 3. The van der Waals surface area contributed by atoms with Gasteiger partial charge in [-0.2, -0.15) is 0 Å². The van der Waals surface area contributed by atoms with Crippen molar-refractivity contribution in [3.8, 4) is 0 Å². The van der Waals surface area contributed by atoms with Crippen LogP contribution in [0, 0.1) is 6.92 Å². The summed E-state index contributed by atoms with van der Waals surface area (Å²) in [4.78, 5) is 36.4. The Labute approximate surface area is 110 Å². The van der Waals surface area contributed by atoms with Gasteiger partial charge < -0.3 is 10.6 Å². The van der Waals surface area contributed by atoms with Crippen LogP contribution < -0.4 is 11.1 Å². The summed E-state index contributed by atoms with van der Waals surface area (Å²) in [7, 11) is 0. The van der Waals surface area contributed by atoms with E-state index < -0.39 is 17.9 Å². The molecular formula is C13H15N3O3. The first-order valence-electron chi connectivity index (χ1n) is 5.91. The van der Waals surface area contributed by atoms with Gasteiger partial charge in [0.25, 0.3) is 5.91 Å². The number of anilines is 1. The van der Waals surface area contributed by atoms with E-state index in [1.165, 1.54) is 4.90 Å². The van der Waals surface area contributed by atoms with E-state index in [1.54, 1.807) is 25.1 Å². The van der Waals surface area contributed by atoms with Crippen molar-refractivity contribution in [2.75, 3.05) is 12.3 Å². The van der Waals surface area contributed by atoms with E-state index in [9.17, 15) is 14.4 Å². The summed E-state index contributed by atoms with van der Waals surface area (Å²) in [5, 5.41) is 2.19. The van der Waals surface area contributed by atoms with Crippen molar-refractivity contribution in [2.24, 2.45) is 0 Å². The van der Waals surface area contributed by atoms with Crippen molar-refractivity contribution in [3.63, 3.8) is 0 Å². The highest BCUT2D eigenvalue weighted by molar-refractivity contribution is 6.07. The molecule has 6 nitrogen and oxygen atoms in total. The van der Waals surface area contributed by atoms with Crippen LogP contribution in [0.25, 0.3) is 0 Å². The van der Waals surface area contributed by atoms with Gasteiger partial charge in [-0.15, -0.1) is 0 Å². The molecule has 1 aliphatic heterocycles. The lowest BCUT2D eigenvalue weighted by molar-refractivity contribution is -0.138. The van der Waals surface area contributed by atoms with Gasteiger partial charge in [0, 0.05) is 11.3 Å². The SMILES string of the molecule is Cc1ccc(C(=O)N2CC(=O)NC(=O)C2C)cc1N. The highest BCUT2D eigenvalue weighted by Gasteiger charge is 2.33. The number of aryl methyl sites for hydroxylation is 1. The molecule has 6 heteroatoms. The fourth-order valence-electron chi connectivity index (χ4n) is 1.90. The zero-order valence-electron chi connectivity index (χ0n) is 10.8. The van der Waals surface area contributed by atoms with Crippen LogP contribution in [0.5, 0.6) is 0 Å². The predicted octanol–water partition coefficient (Wildman–Crippen LogP) is 0.0643. The Kier molecular flexibility index (Phi) is 3.25. The first-order chi connectivity index (χ1) is 8.90. The second-order valence-corrected chi connectivity index (χ2v) is 4.59. The molecule has 1 fully saturated rings. The molecule has 0 aromatic heterocycles.